The summed E-state index contributed by atoms with van der Waals surface area (Å²) in [6.07, 6.45) is 0. The Labute approximate surface area is 37.5 Å². The third-order valence-electron chi connectivity index (χ3n) is 0. The molecule has 0 aromatic heterocycles. The first kappa shape index (κ1) is 5.54. The van der Waals surface area contributed by atoms with Crippen LogP contribution in [0.2, 0.25) is 0 Å². The van der Waals surface area contributed by atoms with Crippen LogP contribution in [0, 0.1) is 0 Å². The van der Waals surface area contributed by atoms with Crippen molar-refractivity contribution in [3.8, 4) is 0 Å². The summed E-state index contributed by atoms with van der Waals surface area (Å²) in [5.74, 6) is 0. The van der Waals surface area contributed by atoms with Gasteiger partial charge in [0.2, 0.25) is 0 Å². The maximum absolute atomic E-state index is 9.11. The summed E-state index contributed by atoms with van der Waals surface area (Å²) in [5, 5.41) is 0. The Balaban J connectivity index is 4.87. The van der Waals surface area contributed by atoms with Gasteiger partial charge in [0.15, 0.2) is 0 Å². The molecule has 0 rings (SSSR count). The van der Waals surface area contributed by atoms with E-state index in [1.807, 2.05) is 13.4 Å². The van der Waals surface area contributed by atoms with E-state index in [0.29, 0.717) is 0 Å². The minimum absolute atomic E-state index is 1.91. The molecule has 0 spiro atoms. The number of hydrogen-bond donors (Lipinski definition) is 0. The predicted octanol–water partition coefficient (Wildman–Crippen LogP) is 0.487. The second kappa shape index (κ2) is 1.33. The van der Waals surface area contributed by atoms with Crippen molar-refractivity contribution in [2.75, 3.05) is 0 Å². The topological polar surface area (TPSA) is 51.2 Å². The Morgan fingerprint density at radius 2 is 1.20 bits per heavy atom. The van der Waals surface area contributed by atoms with Gasteiger partial charge in [-0.2, -0.15) is 0 Å². The molecular formula is BrO3Re. The second-order valence-corrected chi connectivity index (χ2v) is 8.99. The van der Waals surface area contributed by atoms with Gasteiger partial charge in [-0.05, 0) is 0 Å². The Morgan fingerprint density at radius 1 is 1.20 bits per heavy atom. The van der Waals surface area contributed by atoms with E-state index in [4.69, 9.17) is 10.4 Å². The summed E-state index contributed by atoms with van der Waals surface area (Å²) in [6, 6.07) is 0. The molecule has 0 aliphatic carbocycles. The molecule has 0 amide bonds. The Morgan fingerprint density at radius 3 is 1.20 bits per heavy atom. The molecule has 0 aromatic carbocycles. The van der Waals surface area contributed by atoms with E-state index in [2.05, 4.69) is 0 Å². The summed E-state index contributed by atoms with van der Waals surface area (Å²) in [6.45, 7) is 0. The van der Waals surface area contributed by atoms with E-state index in [1.54, 1.807) is 0 Å². The first-order valence-electron chi connectivity index (χ1n) is 0.606. The zero-order valence-corrected chi connectivity index (χ0v) is 6.28. The van der Waals surface area contributed by atoms with Crippen LogP contribution in [-0.4, -0.2) is 0 Å². The number of hydrogen-bond acceptors (Lipinski definition) is 3. The van der Waals surface area contributed by atoms with Crippen LogP contribution < -0.4 is 0 Å². The van der Waals surface area contributed by atoms with Gasteiger partial charge >= 0.3 is 37.2 Å². The molecule has 0 atom stereocenters. The first-order valence-corrected chi connectivity index (χ1v) is 9.87. The van der Waals surface area contributed by atoms with Crippen molar-refractivity contribution < 1.29 is 23.8 Å². The van der Waals surface area contributed by atoms with E-state index in [-0.39, 0.29) is 0 Å². The third kappa shape index (κ3) is 99.8. The normalized spacial score (nSPS) is 11.4. The van der Waals surface area contributed by atoms with Gasteiger partial charge < -0.3 is 0 Å². The third-order valence-corrected chi connectivity index (χ3v) is 0. The van der Waals surface area contributed by atoms with Crippen molar-refractivity contribution in [2.24, 2.45) is 0 Å². The van der Waals surface area contributed by atoms with E-state index in [1.165, 1.54) is 0 Å². The van der Waals surface area contributed by atoms with E-state index >= 15 is 0 Å². The molecule has 5 heteroatoms. The second-order valence-electron chi connectivity index (χ2n) is 0.364. The molecule has 0 aromatic rings. The fourth-order valence-electron chi connectivity index (χ4n) is 0. The van der Waals surface area contributed by atoms with Gasteiger partial charge in [-0.1, -0.05) is 0 Å². The van der Waals surface area contributed by atoms with Crippen LogP contribution in [0.1, 0.15) is 0 Å². The van der Waals surface area contributed by atoms with Gasteiger partial charge in [0, 0.05) is 0 Å². The Kier molecular flexibility index (Phi) is 1.48. The van der Waals surface area contributed by atoms with Crippen molar-refractivity contribution in [2.45, 2.75) is 0 Å². The molecule has 0 saturated heterocycles. The fraction of sp³-hybridized carbons (Fsp3) is 0. The van der Waals surface area contributed by atoms with Crippen molar-refractivity contribution in [1.82, 2.24) is 0 Å². The van der Waals surface area contributed by atoms with Crippen LogP contribution in [0.15, 0.2) is 0 Å². The molecule has 32 valence electrons. The van der Waals surface area contributed by atoms with Crippen LogP contribution in [-0.2, 0) is 23.8 Å². The average molecular weight is 314 g/mol. The zero-order valence-electron chi connectivity index (χ0n) is 1.98. The monoisotopic (exact) mass is 314 g/mol. The summed E-state index contributed by atoms with van der Waals surface area (Å²) in [4.78, 5) is 0. The van der Waals surface area contributed by atoms with Gasteiger partial charge in [0.25, 0.3) is 0 Å². The van der Waals surface area contributed by atoms with E-state index in [0.717, 1.165) is 0 Å². The molecule has 0 aliphatic heterocycles. The summed E-state index contributed by atoms with van der Waals surface area (Å²) in [5.41, 5.74) is 0. The molecule has 0 heterocycles. The Hall–Kier alpha value is 0.542. The quantitative estimate of drug-likeness (QED) is 0.654. The molecule has 0 saturated carbocycles. The van der Waals surface area contributed by atoms with Gasteiger partial charge in [-0.3, -0.25) is 0 Å². The Bertz CT molecular complexity index is 128. The van der Waals surface area contributed by atoms with Gasteiger partial charge in [-0.15, -0.1) is 0 Å². The summed E-state index contributed by atoms with van der Waals surface area (Å²) in [7, 11) is 0. The van der Waals surface area contributed by atoms with Crippen molar-refractivity contribution in [3.63, 3.8) is 0 Å². The molecule has 0 bridgehead atoms. The summed E-state index contributed by atoms with van der Waals surface area (Å²) >= 11 is -3.14. The molecule has 5 heavy (non-hydrogen) atoms. The molecule has 0 unspecified atom stereocenters. The molecular weight excluding hydrogens is 314 g/mol. The van der Waals surface area contributed by atoms with Crippen LogP contribution in [0.3, 0.4) is 0 Å². The van der Waals surface area contributed by atoms with Crippen LogP contribution >= 0.6 is 13.4 Å². The van der Waals surface area contributed by atoms with Gasteiger partial charge in [-0.25, -0.2) is 0 Å². The predicted molar refractivity (Wildman–Crippen MR) is 11.0 cm³/mol. The zero-order chi connectivity index (χ0) is 4.50. The van der Waals surface area contributed by atoms with E-state index < -0.39 is 13.4 Å². The minimum atomic E-state index is -5.05. The molecule has 0 radical (unpaired) electrons. The molecule has 0 N–H and O–H groups in total. The standard InChI is InChI=1S/BrH.3O.Re/h1H;;;;/q;;;;+1/p-1. The SMILES string of the molecule is [O]=[Re](=[O])(=[O])[Br]. The molecule has 0 fully saturated rings. The number of rotatable bonds is 0. The maximum atomic E-state index is 9.11. The van der Waals surface area contributed by atoms with Crippen molar-refractivity contribution in [1.29, 1.82) is 0 Å². The summed E-state index contributed by atoms with van der Waals surface area (Å²) < 4.78 is 27.3. The first-order chi connectivity index (χ1) is 2.00. The van der Waals surface area contributed by atoms with Crippen molar-refractivity contribution >= 4 is 13.4 Å². The van der Waals surface area contributed by atoms with Crippen molar-refractivity contribution in [3.05, 3.63) is 0 Å². The van der Waals surface area contributed by atoms with Crippen LogP contribution in [0.4, 0.5) is 0 Å². The molecule has 0 aliphatic rings. The van der Waals surface area contributed by atoms with Gasteiger partial charge in [0.05, 0.1) is 0 Å². The van der Waals surface area contributed by atoms with Crippen LogP contribution in [0.5, 0.6) is 0 Å². The van der Waals surface area contributed by atoms with Crippen LogP contribution in [0.25, 0.3) is 0 Å². The van der Waals surface area contributed by atoms with E-state index in [9.17, 15) is 0 Å². The number of halogens is 1. The average Bonchev–Trinajstić information content (AvgIpc) is 0.722. The van der Waals surface area contributed by atoms with Gasteiger partial charge in [0.1, 0.15) is 0 Å². The molecule has 3 nitrogen and oxygen atoms in total. The fourth-order valence-corrected chi connectivity index (χ4v) is 0.